The molecule has 1 fully saturated rings. The molecule has 1 aromatic rings. The summed E-state index contributed by atoms with van der Waals surface area (Å²) >= 11 is 1.51. The number of fused-ring (bicyclic) bond motifs is 1. The van der Waals surface area contributed by atoms with E-state index >= 15 is 0 Å². The second kappa shape index (κ2) is 7.21. The van der Waals surface area contributed by atoms with E-state index in [4.69, 9.17) is 14.6 Å². The third-order valence-corrected chi connectivity index (χ3v) is 5.01. The van der Waals surface area contributed by atoms with Crippen molar-refractivity contribution in [3.05, 3.63) is 12.1 Å². The first-order chi connectivity index (χ1) is 11.6. The molecule has 2 amide bonds. The van der Waals surface area contributed by atoms with Gasteiger partial charge >= 0.3 is 12.0 Å². The van der Waals surface area contributed by atoms with Crippen molar-refractivity contribution in [1.82, 2.24) is 4.90 Å². The first kappa shape index (κ1) is 16.8. The van der Waals surface area contributed by atoms with Gasteiger partial charge in [0.05, 0.1) is 11.6 Å². The smallest absolute Gasteiger partial charge is 0.321 e. The number of urea groups is 1. The van der Waals surface area contributed by atoms with Gasteiger partial charge in [-0.1, -0.05) is 0 Å². The number of carboxylic acids is 1. The van der Waals surface area contributed by atoms with Crippen molar-refractivity contribution >= 4 is 29.4 Å². The maximum Gasteiger partial charge on any atom is 0.321 e. The number of hydrogen-bond acceptors (Lipinski definition) is 5. The summed E-state index contributed by atoms with van der Waals surface area (Å²) in [5, 5.41) is 11.9. The summed E-state index contributed by atoms with van der Waals surface area (Å²) in [5.74, 6) is 0.168. The average molecular weight is 352 g/mol. The van der Waals surface area contributed by atoms with Gasteiger partial charge in [0, 0.05) is 24.1 Å². The average Bonchev–Trinajstić information content (AvgIpc) is 2.61. The van der Waals surface area contributed by atoms with Gasteiger partial charge in [-0.05, 0) is 25.2 Å². The molecule has 3 rings (SSSR count). The van der Waals surface area contributed by atoms with Crippen molar-refractivity contribution in [2.45, 2.75) is 17.7 Å². The maximum absolute atomic E-state index is 12.5. The number of nitrogens with one attached hydrogen (secondary N) is 1. The van der Waals surface area contributed by atoms with E-state index in [1.54, 1.807) is 11.0 Å². The Kier molecular flexibility index (Phi) is 5.03. The standard InChI is InChI=1S/C16H20N2O5S/c1-24-14-9-13-12(22-6-7-23-13)8-11(14)17-16(21)18-4-2-10(3-5-18)15(19)20/h8-10H,2-7H2,1H3,(H,17,21)(H,19,20). The number of aliphatic carboxylic acids is 1. The van der Waals surface area contributed by atoms with Crippen LogP contribution in [0, 0.1) is 5.92 Å². The maximum atomic E-state index is 12.5. The molecule has 130 valence electrons. The number of benzene rings is 1. The minimum atomic E-state index is -0.786. The third kappa shape index (κ3) is 3.53. The molecule has 2 aliphatic heterocycles. The molecular weight excluding hydrogens is 332 g/mol. The van der Waals surface area contributed by atoms with Gasteiger partial charge in [0.25, 0.3) is 0 Å². The largest absolute Gasteiger partial charge is 0.486 e. The molecule has 2 aliphatic rings. The number of anilines is 1. The van der Waals surface area contributed by atoms with Gasteiger partial charge in [0.2, 0.25) is 0 Å². The normalized spacial score (nSPS) is 17.5. The predicted molar refractivity (Wildman–Crippen MR) is 90.2 cm³/mol. The zero-order valence-electron chi connectivity index (χ0n) is 13.4. The molecule has 2 N–H and O–H groups in total. The monoisotopic (exact) mass is 352 g/mol. The van der Waals surface area contributed by atoms with Gasteiger partial charge in [-0.2, -0.15) is 0 Å². The van der Waals surface area contributed by atoms with Crippen LogP contribution in [0.25, 0.3) is 0 Å². The minimum absolute atomic E-state index is 0.217. The SMILES string of the molecule is CSc1cc2c(cc1NC(=O)N1CCC(C(=O)O)CC1)OCCO2. The van der Waals surface area contributed by atoms with Crippen LogP contribution in [0.1, 0.15) is 12.8 Å². The van der Waals surface area contributed by atoms with Crippen molar-refractivity contribution < 1.29 is 24.2 Å². The molecule has 7 nitrogen and oxygen atoms in total. The lowest BCUT2D eigenvalue weighted by Crippen LogP contribution is -2.42. The Balaban J connectivity index is 1.69. The summed E-state index contributed by atoms with van der Waals surface area (Å²) in [4.78, 5) is 26.0. The van der Waals surface area contributed by atoms with Crippen LogP contribution in [-0.2, 0) is 4.79 Å². The molecule has 8 heteroatoms. The van der Waals surface area contributed by atoms with Crippen LogP contribution in [0.5, 0.6) is 11.5 Å². The van der Waals surface area contributed by atoms with Crippen LogP contribution in [-0.4, -0.2) is 54.6 Å². The van der Waals surface area contributed by atoms with Crippen LogP contribution in [0.4, 0.5) is 10.5 Å². The van der Waals surface area contributed by atoms with Crippen LogP contribution < -0.4 is 14.8 Å². The fraction of sp³-hybridized carbons (Fsp3) is 0.500. The number of likely N-dealkylation sites (tertiary alicyclic amines) is 1. The second-order valence-corrected chi connectivity index (χ2v) is 6.57. The van der Waals surface area contributed by atoms with Crippen LogP contribution in [0.3, 0.4) is 0 Å². The summed E-state index contributed by atoms with van der Waals surface area (Å²) in [6.07, 6.45) is 2.90. The van der Waals surface area contributed by atoms with E-state index in [1.807, 2.05) is 12.3 Å². The molecule has 0 unspecified atom stereocenters. The van der Waals surface area contributed by atoms with Gasteiger partial charge < -0.3 is 24.8 Å². The first-order valence-corrected chi connectivity index (χ1v) is 9.07. The number of thioether (sulfide) groups is 1. The van der Waals surface area contributed by atoms with Gasteiger partial charge in [-0.25, -0.2) is 4.79 Å². The van der Waals surface area contributed by atoms with Crippen LogP contribution in [0.15, 0.2) is 17.0 Å². The second-order valence-electron chi connectivity index (χ2n) is 5.73. The molecule has 0 bridgehead atoms. The molecule has 0 radical (unpaired) electrons. The molecule has 0 aliphatic carbocycles. The van der Waals surface area contributed by atoms with E-state index in [-0.39, 0.29) is 11.9 Å². The molecule has 24 heavy (non-hydrogen) atoms. The Morgan fingerprint density at radius 1 is 1.21 bits per heavy atom. The van der Waals surface area contributed by atoms with Gasteiger partial charge in [-0.15, -0.1) is 11.8 Å². The number of ether oxygens (including phenoxy) is 2. The predicted octanol–water partition coefficient (Wildman–Crippen LogP) is 2.51. The molecular formula is C16H20N2O5S. The lowest BCUT2D eigenvalue weighted by molar-refractivity contribution is -0.143. The summed E-state index contributed by atoms with van der Waals surface area (Å²) in [7, 11) is 0. The number of amides is 2. The van der Waals surface area contributed by atoms with Crippen molar-refractivity contribution in [3.8, 4) is 11.5 Å². The van der Waals surface area contributed by atoms with Crippen molar-refractivity contribution in [1.29, 1.82) is 0 Å². The summed E-state index contributed by atoms with van der Waals surface area (Å²) < 4.78 is 11.1. The third-order valence-electron chi connectivity index (χ3n) is 4.24. The molecule has 0 atom stereocenters. The Bertz CT molecular complexity index is 644. The van der Waals surface area contributed by atoms with Crippen LogP contribution in [0.2, 0.25) is 0 Å². The van der Waals surface area contributed by atoms with Gasteiger partial charge in [0.1, 0.15) is 13.2 Å². The number of carbonyl (C=O) groups is 2. The molecule has 1 saturated heterocycles. The van der Waals surface area contributed by atoms with Crippen molar-refractivity contribution in [2.24, 2.45) is 5.92 Å². The Labute approximate surface area is 144 Å². The van der Waals surface area contributed by atoms with E-state index < -0.39 is 5.97 Å². The Morgan fingerprint density at radius 2 is 1.83 bits per heavy atom. The minimum Gasteiger partial charge on any atom is -0.486 e. The molecule has 0 aromatic heterocycles. The lowest BCUT2D eigenvalue weighted by atomic mass is 9.97. The van der Waals surface area contributed by atoms with E-state index in [9.17, 15) is 9.59 Å². The zero-order valence-corrected chi connectivity index (χ0v) is 14.2. The topological polar surface area (TPSA) is 88.1 Å². The Hall–Kier alpha value is -2.09. The summed E-state index contributed by atoms with van der Waals surface area (Å²) in [5.41, 5.74) is 0.678. The highest BCUT2D eigenvalue weighted by molar-refractivity contribution is 7.98. The number of carbonyl (C=O) groups excluding carboxylic acids is 1. The van der Waals surface area contributed by atoms with Crippen molar-refractivity contribution in [3.63, 3.8) is 0 Å². The fourth-order valence-electron chi connectivity index (χ4n) is 2.86. The highest BCUT2D eigenvalue weighted by Gasteiger charge is 2.27. The highest BCUT2D eigenvalue weighted by Crippen LogP contribution is 2.39. The Morgan fingerprint density at radius 3 is 2.42 bits per heavy atom. The zero-order chi connectivity index (χ0) is 17.1. The first-order valence-electron chi connectivity index (χ1n) is 7.85. The molecule has 0 spiro atoms. The van der Waals surface area contributed by atoms with E-state index in [1.165, 1.54) is 11.8 Å². The number of nitrogens with zero attached hydrogens (tertiary/aromatic N) is 1. The number of carboxylic acid groups (broad SMARTS) is 1. The number of piperidine rings is 1. The summed E-state index contributed by atoms with van der Waals surface area (Å²) in [6, 6.07) is 3.43. The van der Waals surface area contributed by atoms with E-state index in [0.29, 0.717) is 56.3 Å². The lowest BCUT2D eigenvalue weighted by Gasteiger charge is -2.30. The summed E-state index contributed by atoms with van der Waals surface area (Å²) in [6.45, 7) is 1.90. The van der Waals surface area contributed by atoms with E-state index in [2.05, 4.69) is 5.32 Å². The van der Waals surface area contributed by atoms with Gasteiger partial charge in [-0.3, -0.25) is 4.79 Å². The number of rotatable bonds is 3. The van der Waals surface area contributed by atoms with Crippen molar-refractivity contribution in [2.75, 3.05) is 37.9 Å². The van der Waals surface area contributed by atoms with Gasteiger partial charge in [0.15, 0.2) is 11.5 Å². The van der Waals surface area contributed by atoms with Crippen LogP contribution >= 0.6 is 11.8 Å². The molecule has 1 aromatic carbocycles. The number of hydrogen-bond donors (Lipinski definition) is 2. The fourth-order valence-corrected chi connectivity index (χ4v) is 3.42. The molecule has 0 saturated carbocycles. The molecule has 2 heterocycles. The quantitative estimate of drug-likeness (QED) is 0.813. The highest BCUT2D eigenvalue weighted by atomic mass is 32.2. The van der Waals surface area contributed by atoms with E-state index in [0.717, 1.165) is 4.90 Å².